The van der Waals surface area contributed by atoms with Gasteiger partial charge in [-0.15, -0.1) is 0 Å². The molecule has 1 nitrogen and oxygen atoms in total. The average molecular weight is 356 g/mol. The van der Waals surface area contributed by atoms with E-state index in [1.807, 2.05) is 0 Å². The summed E-state index contributed by atoms with van der Waals surface area (Å²) in [6.45, 7) is 5.20. The Labute approximate surface area is 122 Å². The first-order valence-corrected chi connectivity index (χ1v) is 7.00. The number of ether oxygens (including phenoxy) is 1. The van der Waals surface area contributed by atoms with Gasteiger partial charge in [-0.25, -0.2) is 0 Å². The predicted octanol–water partition coefficient (Wildman–Crippen LogP) is 4.02. The van der Waals surface area contributed by atoms with E-state index in [9.17, 15) is 0 Å². The van der Waals surface area contributed by atoms with Crippen LogP contribution < -0.4 is 0 Å². The number of rotatable bonds is 8. The first-order chi connectivity index (χ1) is 6.81. The van der Waals surface area contributed by atoms with Crippen LogP contribution >= 0.6 is 24.0 Å². The van der Waals surface area contributed by atoms with Crippen molar-refractivity contribution in [3.63, 3.8) is 0 Å². The largest absolute Gasteiger partial charge is 0.479 e. The van der Waals surface area contributed by atoms with Gasteiger partial charge in [0.15, 0.2) is 0 Å². The van der Waals surface area contributed by atoms with E-state index in [1.165, 1.54) is 32.1 Å². The number of thiocarbonyl (C=S) groups is 1. The minimum Gasteiger partial charge on any atom is -0.479 e. The Morgan fingerprint density at radius 2 is 1.67 bits per heavy atom. The molecule has 0 saturated carbocycles. The average Bonchev–Trinajstić information content (AvgIpc) is 2.19. The van der Waals surface area contributed by atoms with Gasteiger partial charge >= 0.3 is 0 Å². The summed E-state index contributed by atoms with van der Waals surface area (Å²) in [5.41, 5.74) is 0. The zero-order valence-electron chi connectivity index (χ0n) is 9.83. The maximum absolute atomic E-state index is 5.42. The Bertz CT molecular complexity index is 129. The molecule has 0 aromatic heterocycles. The summed E-state index contributed by atoms with van der Waals surface area (Å²) in [6, 6.07) is 0. The molecule has 4 heteroatoms. The van der Waals surface area contributed by atoms with Gasteiger partial charge in [-0.3, -0.25) is 0 Å². The number of thioether (sulfide) groups is 1. The maximum Gasteiger partial charge on any atom is 0.219 e. The predicted molar refractivity (Wildman–Crippen MR) is 75.8 cm³/mol. The molecule has 15 heavy (non-hydrogen) atoms. The third-order valence-corrected chi connectivity index (χ3v) is 3.25. The van der Waals surface area contributed by atoms with E-state index in [0.29, 0.717) is 0 Å². The second-order valence-corrected chi connectivity index (χ2v) is 5.06. The van der Waals surface area contributed by atoms with E-state index in [4.69, 9.17) is 17.0 Å². The van der Waals surface area contributed by atoms with Crippen molar-refractivity contribution in [3.8, 4) is 0 Å². The van der Waals surface area contributed by atoms with Gasteiger partial charge in [0.25, 0.3) is 0 Å². The summed E-state index contributed by atoms with van der Waals surface area (Å²) in [7, 11) is 0. The van der Waals surface area contributed by atoms with E-state index in [2.05, 4.69) is 13.8 Å². The second kappa shape index (κ2) is 15.1. The molecule has 0 aliphatic heterocycles. The van der Waals surface area contributed by atoms with Crippen molar-refractivity contribution in [2.45, 2.75) is 52.4 Å². The van der Waals surface area contributed by atoms with Crippen LogP contribution in [0.5, 0.6) is 0 Å². The van der Waals surface area contributed by atoms with Crippen molar-refractivity contribution < 1.29 is 4.74 Å². The molecule has 3 radical (unpaired) electrons. The molecule has 0 bridgehead atoms. The van der Waals surface area contributed by atoms with E-state index >= 15 is 0 Å². The molecule has 0 saturated heterocycles. The molecule has 0 unspecified atom stereocenters. The molecule has 0 atom stereocenters. The van der Waals surface area contributed by atoms with Gasteiger partial charge in [-0.1, -0.05) is 51.3 Å². The molecule has 0 spiro atoms. The van der Waals surface area contributed by atoms with Crippen molar-refractivity contribution in [2.24, 2.45) is 0 Å². The molecule has 0 heterocycles. The molecular weight excluding hydrogens is 334 g/mol. The van der Waals surface area contributed by atoms with Crippen LogP contribution in [0.25, 0.3) is 0 Å². The molecule has 0 amide bonds. The van der Waals surface area contributed by atoms with E-state index < -0.39 is 0 Å². The third kappa shape index (κ3) is 15.1. The molecule has 0 aromatic rings. The molecule has 0 fully saturated rings. The smallest absolute Gasteiger partial charge is 0.219 e. The summed E-state index contributed by atoms with van der Waals surface area (Å²) < 4.78 is 6.15. The minimum atomic E-state index is 0. The van der Waals surface area contributed by atoms with Crippen LogP contribution in [0, 0.1) is 0 Å². The van der Waals surface area contributed by atoms with Gasteiger partial charge in [0.1, 0.15) is 0 Å². The van der Waals surface area contributed by atoms with E-state index in [1.54, 1.807) is 11.8 Å². The van der Waals surface area contributed by atoms with E-state index in [0.717, 1.165) is 23.2 Å². The van der Waals surface area contributed by atoms with Gasteiger partial charge in [-0.2, -0.15) is 0 Å². The SMILES string of the molecule is CCCCCOC(=S)SCCCCC.[Sb]. The summed E-state index contributed by atoms with van der Waals surface area (Å²) in [6.07, 6.45) is 7.42. The normalized spacial score (nSPS) is 9.47. The Morgan fingerprint density at radius 1 is 1.07 bits per heavy atom. The molecule has 0 N–H and O–H groups in total. The number of hydrogen-bond acceptors (Lipinski definition) is 3. The Balaban J connectivity index is 0. The standard InChI is InChI=1S/C11H22OS2.Sb/c1-3-5-7-9-12-11(13)14-10-8-6-4-2;/h3-10H2,1-2H3;. The number of unbranched alkanes of at least 4 members (excludes halogenated alkanes) is 4. The van der Waals surface area contributed by atoms with Crippen molar-refractivity contribution >= 4 is 52.8 Å². The molecular formula is C11H22OS2Sb. The Morgan fingerprint density at radius 3 is 2.27 bits per heavy atom. The van der Waals surface area contributed by atoms with Gasteiger partial charge in [-0.05, 0) is 25.1 Å². The van der Waals surface area contributed by atoms with Crippen molar-refractivity contribution in [3.05, 3.63) is 0 Å². The minimum absolute atomic E-state index is 0. The van der Waals surface area contributed by atoms with Crippen LogP contribution in [-0.2, 0) is 4.74 Å². The van der Waals surface area contributed by atoms with Crippen LogP contribution in [0.2, 0.25) is 0 Å². The molecule has 0 aliphatic rings. The number of hydrogen-bond donors (Lipinski definition) is 0. The molecule has 0 rings (SSSR count). The van der Waals surface area contributed by atoms with Crippen LogP contribution in [0.1, 0.15) is 52.4 Å². The zero-order chi connectivity index (χ0) is 10.6. The fourth-order valence-corrected chi connectivity index (χ4v) is 2.07. The third-order valence-electron chi connectivity index (χ3n) is 1.94. The monoisotopic (exact) mass is 355 g/mol. The van der Waals surface area contributed by atoms with E-state index in [-0.39, 0.29) is 24.4 Å². The van der Waals surface area contributed by atoms with Crippen LogP contribution in [0.15, 0.2) is 0 Å². The first kappa shape index (κ1) is 18.4. The van der Waals surface area contributed by atoms with Crippen molar-refractivity contribution in [1.82, 2.24) is 0 Å². The fourth-order valence-electron chi connectivity index (χ4n) is 1.06. The summed E-state index contributed by atoms with van der Waals surface area (Å²) >= 11 is 6.78. The van der Waals surface area contributed by atoms with Crippen LogP contribution in [0.3, 0.4) is 0 Å². The van der Waals surface area contributed by atoms with Crippen molar-refractivity contribution in [2.75, 3.05) is 12.4 Å². The van der Waals surface area contributed by atoms with Crippen LogP contribution in [-0.4, -0.2) is 41.2 Å². The topological polar surface area (TPSA) is 9.23 Å². The molecule has 0 aromatic carbocycles. The summed E-state index contributed by atoms with van der Waals surface area (Å²) in [5, 5.41) is 0. The van der Waals surface area contributed by atoms with Gasteiger partial charge in [0, 0.05) is 30.2 Å². The summed E-state index contributed by atoms with van der Waals surface area (Å²) in [4.78, 5) is 0. The van der Waals surface area contributed by atoms with Crippen molar-refractivity contribution in [1.29, 1.82) is 0 Å². The van der Waals surface area contributed by atoms with Gasteiger partial charge in [0.05, 0.1) is 6.61 Å². The van der Waals surface area contributed by atoms with Crippen LogP contribution in [0.4, 0.5) is 0 Å². The second-order valence-electron chi connectivity index (χ2n) is 3.36. The Kier molecular flexibility index (Phi) is 18.5. The van der Waals surface area contributed by atoms with Gasteiger partial charge in [0.2, 0.25) is 4.38 Å². The Hall–Kier alpha value is 1.06. The quantitative estimate of drug-likeness (QED) is 0.369. The van der Waals surface area contributed by atoms with Gasteiger partial charge < -0.3 is 4.74 Å². The summed E-state index contributed by atoms with van der Waals surface area (Å²) in [5.74, 6) is 1.11. The fraction of sp³-hybridized carbons (Fsp3) is 0.909. The molecule has 89 valence electrons. The zero-order valence-corrected chi connectivity index (χ0v) is 14.0. The first-order valence-electron chi connectivity index (χ1n) is 5.60. The maximum atomic E-state index is 5.42. The molecule has 0 aliphatic carbocycles.